The highest BCUT2D eigenvalue weighted by atomic mass is 32.1. The van der Waals surface area contributed by atoms with Gasteiger partial charge in [0, 0.05) is 32.7 Å². The van der Waals surface area contributed by atoms with Crippen LogP contribution in [-0.2, 0) is 28.7 Å². The van der Waals surface area contributed by atoms with Crippen molar-refractivity contribution in [3.05, 3.63) is 156 Å². The van der Waals surface area contributed by atoms with Gasteiger partial charge in [0.2, 0.25) is 0 Å². The van der Waals surface area contributed by atoms with E-state index in [-0.39, 0.29) is 47.3 Å². The summed E-state index contributed by atoms with van der Waals surface area (Å²) in [4.78, 5) is 53.3. The van der Waals surface area contributed by atoms with E-state index >= 15 is 0 Å². The molecule has 0 aliphatic heterocycles. The maximum atomic E-state index is 14.6. The molecule has 2 fully saturated rings. The predicted molar refractivity (Wildman–Crippen MR) is 340 cm³/mol. The van der Waals surface area contributed by atoms with Crippen LogP contribution in [0.25, 0.3) is 41.1 Å². The summed E-state index contributed by atoms with van der Waals surface area (Å²) in [5.74, 6) is 0.318. The van der Waals surface area contributed by atoms with Crippen molar-refractivity contribution in [2.45, 2.75) is 154 Å². The molecule has 5 aromatic carbocycles. The highest BCUT2D eigenvalue weighted by Crippen LogP contribution is 2.54. The van der Waals surface area contributed by atoms with Gasteiger partial charge in [-0.2, -0.15) is 0 Å². The van der Waals surface area contributed by atoms with Gasteiger partial charge in [-0.3, -0.25) is 9.59 Å². The second kappa shape index (κ2) is 31.5. The van der Waals surface area contributed by atoms with E-state index in [9.17, 15) is 28.0 Å². The SMILES string of the molecule is C=CC(=O)OCCCCCCCCOc1ccc(C2CCC(C(=O)Oc3c4cc(-c5ccc(F)cc5C)sc4c(OC(=O)C4CCC(c5ccc(OCCCCCCCCOC(=O)C=C)cc5)CC4)c4cc(-c5ccc(F)cc5C)sc34)CC2)cc1. The van der Waals surface area contributed by atoms with E-state index < -0.39 is 0 Å². The van der Waals surface area contributed by atoms with Crippen LogP contribution in [0.2, 0.25) is 0 Å². The fourth-order valence-electron chi connectivity index (χ4n) is 12.0. The minimum absolute atomic E-state index is 0.290. The molecule has 86 heavy (non-hydrogen) atoms. The van der Waals surface area contributed by atoms with Gasteiger partial charge in [-0.25, -0.2) is 18.4 Å². The summed E-state index contributed by atoms with van der Waals surface area (Å²) in [5, 5.41) is 1.26. The summed E-state index contributed by atoms with van der Waals surface area (Å²) in [7, 11) is 0. The summed E-state index contributed by atoms with van der Waals surface area (Å²) in [6.45, 7) is 12.7. The number of aryl methyl sites for hydroxylation is 2. The van der Waals surface area contributed by atoms with E-state index in [1.54, 1.807) is 12.1 Å². The molecule has 0 saturated heterocycles. The van der Waals surface area contributed by atoms with E-state index in [1.807, 2.05) is 50.2 Å². The van der Waals surface area contributed by atoms with Crippen molar-refractivity contribution in [2.24, 2.45) is 11.8 Å². The molecule has 0 spiro atoms. The zero-order valence-corrected chi connectivity index (χ0v) is 51.4. The Morgan fingerprint density at radius 1 is 0.465 bits per heavy atom. The lowest BCUT2D eigenvalue weighted by Gasteiger charge is -2.28. The van der Waals surface area contributed by atoms with Crippen molar-refractivity contribution in [3.8, 4) is 43.9 Å². The molecule has 454 valence electrons. The summed E-state index contributed by atoms with van der Waals surface area (Å²) in [6.07, 6.45) is 20.5. The number of fused-ring (bicyclic) bond motifs is 2. The van der Waals surface area contributed by atoms with Gasteiger partial charge in [0.05, 0.1) is 47.7 Å². The normalized spacial score (nSPS) is 16.8. The monoisotopic (exact) mass is 1210 g/mol. The van der Waals surface area contributed by atoms with Crippen LogP contribution in [0.1, 0.15) is 163 Å². The maximum absolute atomic E-state index is 14.6. The van der Waals surface area contributed by atoms with Crippen LogP contribution in [0.3, 0.4) is 0 Å². The lowest BCUT2D eigenvalue weighted by molar-refractivity contribution is -0.140. The zero-order chi connectivity index (χ0) is 60.4. The Bertz CT molecular complexity index is 3160. The van der Waals surface area contributed by atoms with Gasteiger partial charge in [0.25, 0.3) is 0 Å². The third-order valence-corrected chi connectivity index (χ3v) is 19.3. The molecule has 0 bridgehead atoms. The van der Waals surface area contributed by atoms with E-state index in [2.05, 4.69) is 37.4 Å². The smallest absolute Gasteiger partial charge is 0.330 e. The van der Waals surface area contributed by atoms with Crippen molar-refractivity contribution >= 4 is 66.7 Å². The Kier molecular flexibility index (Phi) is 23.2. The second-order valence-electron chi connectivity index (χ2n) is 23.0. The van der Waals surface area contributed by atoms with Gasteiger partial charge in [-0.05, 0) is 197 Å². The fourth-order valence-corrected chi connectivity index (χ4v) is 14.5. The van der Waals surface area contributed by atoms with Crippen molar-refractivity contribution in [1.82, 2.24) is 0 Å². The molecule has 0 amide bonds. The van der Waals surface area contributed by atoms with E-state index in [1.165, 1.54) is 70.2 Å². The molecular weight excluding hydrogens is 1130 g/mol. The standard InChI is InChI=1S/C72H80F2O10S2/c1-5-65(75)81-41-17-13-9-7-11-15-39-79-57-33-27-51(28-34-57)49-19-23-53(24-20-49)71(77)83-67-61-45-63(59-37-31-55(73)43-47(59)3)86-70(61)68(62-46-64(85-69(62)67)60-38-32-56(74)44-48(60)4)84-72(78)54-25-21-50(22-26-54)52-29-35-58(36-30-52)80-40-16-12-8-10-14-18-42-82-66(76)6-2/h5-6,27-38,43-46,49-50,53-54H,1-2,7-26,39-42H2,3-4H3. The molecule has 0 N–H and O–H groups in total. The van der Waals surface area contributed by atoms with Gasteiger partial charge < -0.3 is 28.4 Å². The summed E-state index contributed by atoms with van der Waals surface area (Å²) >= 11 is 2.85. The molecule has 2 saturated carbocycles. The third-order valence-electron chi connectivity index (χ3n) is 16.9. The number of benzene rings is 5. The topological polar surface area (TPSA) is 124 Å². The van der Waals surface area contributed by atoms with Gasteiger partial charge in [-0.1, -0.05) is 101 Å². The number of carbonyl (C=O) groups excluding carboxylic acids is 4. The zero-order valence-electron chi connectivity index (χ0n) is 49.7. The van der Waals surface area contributed by atoms with Gasteiger partial charge in [0.15, 0.2) is 11.5 Å². The molecule has 2 aliphatic rings. The minimum Gasteiger partial charge on any atom is -0.494 e. The predicted octanol–water partition coefficient (Wildman–Crippen LogP) is 19.0. The highest BCUT2D eigenvalue weighted by molar-refractivity contribution is 7.24. The Balaban J connectivity index is 0.855. The molecule has 2 aliphatic carbocycles. The minimum atomic E-state index is -0.374. The van der Waals surface area contributed by atoms with E-state index in [0.29, 0.717) is 95.6 Å². The molecule has 7 aromatic rings. The Hall–Kier alpha value is -7.16. The number of carbonyl (C=O) groups is 4. The largest absolute Gasteiger partial charge is 0.494 e. The molecule has 0 atom stereocenters. The van der Waals surface area contributed by atoms with E-state index in [4.69, 9.17) is 28.4 Å². The van der Waals surface area contributed by atoms with Crippen LogP contribution >= 0.6 is 22.7 Å². The first-order valence-electron chi connectivity index (χ1n) is 30.9. The van der Waals surface area contributed by atoms with Crippen LogP contribution < -0.4 is 18.9 Å². The maximum Gasteiger partial charge on any atom is 0.330 e. The van der Waals surface area contributed by atoms with Gasteiger partial charge in [-0.15, -0.1) is 22.7 Å². The highest BCUT2D eigenvalue weighted by Gasteiger charge is 2.34. The molecule has 0 unspecified atom stereocenters. The molecule has 10 nitrogen and oxygen atoms in total. The number of esters is 4. The average molecular weight is 1210 g/mol. The summed E-state index contributed by atoms with van der Waals surface area (Å²) < 4.78 is 66.1. The molecule has 2 aromatic heterocycles. The molecular formula is C72H80F2O10S2. The van der Waals surface area contributed by atoms with Crippen LogP contribution in [0.15, 0.2) is 122 Å². The number of ether oxygens (including phenoxy) is 6. The Morgan fingerprint density at radius 3 is 1.16 bits per heavy atom. The van der Waals surface area contributed by atoms with Crippen LogP contribution in [0, 0.1) is 37.3 Å². The average Bonchev–Trinajstić information content (AvgIpc) is 1.80. The molecule has 14 heteroatoms. The number of thiophene rings is 2. The Labute approximate surface area is 512 Å². The number of rotatable bonds is 30. The quantitative estimate of drug-likeness (QED) is 0.0186. The molecule has 0 radical (unpaired) electrons. The number of hydrogen-bond donors (Lipinski definition) is 0. The first kappa shape index (κ1) is 63.3. The lowest BCUT2D eigenvalue weighted by atomic mass is 9.79. The van der Waals surface area contributed by atoms with Crippen molar-refractivity contribution in [2.75, 3.05) is 26.4 Å². The summed E-state index contributed by atoms with van der Waals surface area (Å²) in [5.41, 5.74) is 5.56. The molecule has 9 rings (SSSR count). The van der Waals surface area contributed by atoms with Crippen LogP contribution in [0.5, 0.6) is 23.0 Å². The molecule has 2 heterocycles. The second-order valence-corrected chi connectivity index (χ2v) is 25.1. The number of unbranched alkanes of at least 4 members (excludes halogenated alkanes) is 10. The van der Waals surface area contributed by atoms with Crippen molar-refractivity contribution in [3.63, 3.8) is 0 Å². The van der Waals surface area contributed by atoms with Crippen LogP contribution in [-0.4, -0.2) is 50.3 Å². The Morgan fingerprint density at radius 2 is 0.814 bits per heavy atom. The van der Waals surface area contributed by atoms with Gasteiger partial charge >= 0.3 is 23.9 Å². The number of halogens is 2. The van der Waals surface area contributed by atoms with Crippen molar-refractivity contribution < 1.29 is 56.4 Å². The van der Waals surface area contributed by atoms with E-state index in [0.717, 1.165) is 146 Å². The van der Waals surface area contributed by atoms with Gasteiger partial charge in [0.1, 0.15) is 23.1 Å². The first-order chi connectivity index (χ1) is 41.8. The lowest BCUT2D eigenvalue weighted by Crippen LogP contribution is -2.25. The fraction of sp³-hybridized carbons (Fsp3) is 0.417. The third kappa shape index (κ3) is 17.1. The number of hydrogen-bond acceptors (Lipinski definition) is 12. The summed E-state index contributed by atoms with van der Waals surface area (Å²) in [6, 6.07) is 30.1. The first-order valence-corrected chi connectivity index (χ1v) is 32.5. The van der Waals surface area contributed by atoms with Crippen LogP contribution in [0.4, 0.5) is 8.78 Å². The van der Waals surface area contributed by atoms with Crippen molar-refractivity contribution in [1.29, 1.82) is 0 Å².